The van der Waals surface area contributed by atoms with Gasteiger partial charge in [-0.3, -0.25) is 0 Å². The van der Waals surface area contributed by atoms with E-state index in [0.29, 0.717) is 0 Å². The van der Waals surface area contributed by atoms with Gasteiger partial charge in [0.1, 0.15) is 0 Å². The molecule has 15 aromatic rings. The van der Waals surface area contributed by atoms with Gasteiger partial charge in [0.25, 0.3) is 0 Å². The summed E-state index contributed by atoms with van der Waals surface area (Å²) in [6.07, 6.45) is 0. The molecule has 0 radical (unpaired) electrons. The maximum atomic E-state index is 2.62. The molecular weight excluding hydrogens is 861 g/mol. The summed E-state index contributed by atoms with van der Waals surface area (Å²) in [5, 5.41) is 9.77. The summed E-state index contributed by atoms with van der Waals surface area (Å²) >= 11 is 0. The monoisotopic (exact) mass is 902 g/mol. The van der Waals surface area contributed by atoms with Crippen LogP contribution in [0.1, 0.15) is 22.6 Å². The Morgan fingerprint density at radius 1 is 0.225 bits per heavy atom. The van der Waals surface area contributed by atoms with Crippen molar-refractivity contribution in [1.29, 1.82) is 0 Å². The van der Waals surface area contributed by atoms with Crippen molar-refractivity contribution in [3.63, 3.8) is 0 Å². The Morgan fingerprint density at radius 3 is 0.732 bits per heavy atom. The first kappa shape index (κ1) is 38.6. The lowest BCUT2D eigenvalue weighted by Crippen LogP contribution is -2.18. The summed E-state index contributed by atoms with van der Waals surface area (Å²) in [5.41, 5.74) is 20.2. The van der Waals surface area contributed by atoms with Crippen molar-refractivity contribution in [2.75, 3.05) is 0 Å². The van der Waals surface area contributed by atoms with Gasteiger partial charge >= 0.3 is 0 Å². The van der Waals surface area contributed by atoms with Gasteiger partial charge in [-0.15, -0.1) is 0 Å². The zero-order valence-electron chi connectivity index (χ0n) is 38.5. The van der Waals surface area contributed by atoms with E-state index >= 15 is 0 Å². The molecular formula is C67H42N4. The second-order valence-electron chi connectivity index (χ2n) is 19.1. The predicted octanol–water partition coefficient (Wildman–Crippen LogP) is 17.2. The molecule has 4 heterocycles. The standard InChI is InChI=1S/C67H42N4/c1-3-31-52-42(21-1)43-22-2-4-32-53(43)64(52)65-66(70-58-37-17-9-27-48(58)49-28-10-18-38-59(49)70)62(68-54-33-13-5-23-44(54)45-24-6-14-34-55(45)68)41-63(69-56-35-15-7-25-46(56)47-26-8-16-36-57(47)69)67(65)71-60-39-19-11-29-50(60)51-30-12-20-40-61(51)71/h1-41,64H. The summed E-state index contributed by atoms with van der Waals surface area (Å²) in [6.45, 7) is 0. The highest BCUT2D eigenvalue weighted by atomic mass is 15.1. The van der Waals surface area contributed by atoms with Crippen LogP contribution in [0.2, 0.25) is 0 Å². The van der Waals surface area contributed by atoms with E-state index in [4.69, 9.17) is 0 Å². The van der Waals surface area contributed by atoms with E-state index in [-0.39, 0.29) is 5.92 Å². The van der Waals surface area contributed by atoms with Crippen LogP contribution in [0, 0.1) is 0 Å². The van der Waals surface area contributed by atoms with Crippen LogP contribution < -0.4 is 0 Å². The van der Waals surface area contributed by atoms with Gasteiger partial charge in [-0.1, -0.05) is 194 Å². The lowest BCUT2D eigenvalue weighted by atomic mass is 9.85. The van der Waals surface area contributed by atoms with E-state index in [2.05, 4.69) is 267 Å². The van der Waals surface area contributed by atoms with Crippen molar-refractivity contribution in [3.05, 3.63) is 265 Å². The van der Waals surface area contributed by atoms with Crippen LogP contribution in [0.4, 0.5) is 0 Å². The second kappa shape index (κ2) is 14.6. The molecule has 0 aliphatic heterocycles. The quantitative estimate of drug-likeness (QED) is 0.164. The van der Waals surface area contributed by atoms with Gasteiger partial charge in [0.15, 0.2) is 0 Å². The minimum atomic E-state index is -0.188. The highest BCUT2D eigenvalue weighted by Crippen LogP contribution is 2.55. The summed E-state index contributed by atoms with van der Waals surface area (Å²) in [7, 11) is 0. The maximum Gasteiger partial charge on any atom is 0.0767 e. The Balaban J connectivity index is 1.26. The van der Waals surface area contributed by atoms with Gasteiger partial charge in [0.2, 0.25) is 0 Å². The number of rotatable bonds is 5. The SMILES string of the molecule is c1ccc2c(c1)-c1ccccc1C2c1c(-n2c3ccccc3c3ccccc32)c(-n2c3ccccc3c3ccccc32)cc(-n2c3ccccc3c3ccccc32)c1-n1c2ccccc2c2ccccc21. The third kappa shape index (κ3) is 5.18. The number of fused-ring (bicyclic) bond motifs is 15. The van der Waals surface area contributed by atoms with Crippen LogP contribution in [-0.4, -0.2) is 18.3 Å². The number of nitrogens with zero attached hydrogens (tertiary/aromatic N) is 4. The number of benzene rings is 11. The van der Waals surface area contributed by atoms with Crippen LogP contribution in [0.25, 0.3) is 121 Å². The van der Waals surface area contributed by atoms with Gasteiger partial charge in [-0.2, -0.15) is 0 Å². The molecule has 11 aromatic carbocycles. The number of para-hydroxylation sites is 8. The molecule has 0 unspecified atom stereocenters. The average Bonchev–Trinajstić information content (AvgIpc) is 4.23. The fourth-order valence-corrected chi connectivity index (χ4v) is 12.9. The molecule has 0 fully saturated rings. The first-order chi connectivity index (χ1) is 35.3. The van der Waals surface area contributed by atoms with Gasteiger partial charge in [0.05, 0.1) is 66.9 Å². The molecule has 0 spiro atoms. The predicted molar refractivity (Wildman–Crippen MR) is 297 cm³/mol. The molecule has 4 heteroatoms. The topological polar surface area (TPSA) is 19.7 Å². The molecule has 4 nitrogen and oxygen atoms in total. The van der Waals surface area contributed by atoms with Crippen molar-refractivity contribution in [2.24, 2.45) is 0 Å². The third-order valence-electron chi connectivity index (χ3n) is 15.6. The molecule has 1 aliphatic rings. The smallest absolute Gasteiger partial charge is 0.0767 e. The van der Waals surface area contributed by atoms with Crippen LogP contribution in [0.3, 0.4) is 0 Å². The fourth-order valence-electron chi connectivity index (χ4n) is 12.9. The Labute approximate surface area is 408 Å². The molecule has 16 rings (SSSR count). The van der Waals surface area contributed by atoms with E-state index in [1.54, 1.807) is 0 Å². The minimum Gasteiger partial charge on any atom is -0.307 e. The highest BCUT2D eigenvalue weighted by molar-refractivity contribution is 6.15. The average molecular weight is 903 g/mol. The van der Waals surface area contributed by atoms with E-state index in [1.165, 1.54) is 70.9 Å². The van der Waals surface area contributed by atoms with E-state index in [0.717, 1.165) is 66.9 Å². The molecule has 0 atom stereocenters. The van der Waals surface area contributed by atoms with Crippen LogP contribution >= 0.6 is 0 Å². The Morgan fingerprint density at radius 2 is 0.451 bits per heavy atom. The zero-order valence-corrected chi connectivity index (χ0v) is 38.5. The van der Waals surface area contributed by atoms with Gasteiger partial charge in [-0.05, 0) is 76.9 Å². The van der Waals surface area contributed by atoms with E-state index < -0.39 is 0 Å². The van der Waals surface area contributed by atoms with E-state index in [1.807, 2.05) is 0 Å². The maximum absolute atomic E-state index is 2.62. The Hall–Kier alpha value is -9.38. The highest BCUT2D eigenvalue weighted by Gasteiger charge is 2.38. The molecule has 1 aliphatic carbocycles. The summed E-state index contributed by atoms with van der Waals surface area (Å²) < 4.78 is 10.4. The van der Waals surface area contributed by atoms with Crippen molar-refractivity contribution in [1.82, 2.24) is 18.3 Å². The molecule has 0 saturated carbocycles. The first-order valence-electron chi connectivity index (χ1n) is 24.7. The van der Waals surface area contributed by atoms with Crippen molar-refractivity contribution < 1.29 is 0 Å². The summed E-state index contributed by atoms with van der Waals surface area (Å²) in [4.78, 5) is 0. The summed E-state index contributed by atoms with van der Waals surface area (Å²) in [5.74, 6) is -0.188. The molecule has 0 saturated heterocycles. The van der Waals surface area contributed by atoms with Crippen molar-refractivity contribution in [2.45, 2.75) is 5.92 Å². The van der Waals surface area contributed by atoms with Gasteiger partial charge < -0.3 is 18.3 Å². The normalized spacial score (nSPS) is 12.7. The van der Waals surface area contributed by atoms with E-state index in [9.17, 15) is 0 Å². The lowest BCUT2D eigenvalue weighted by Gasteiger charge is -2.31. The molecule has 4 aromatic heterocycles. The van der Waals surface area contributed by atoms with Gasteiger partial charge in [0, 0.05) is 54.6 Å². The minimum absolute atomic E-state index is 0.188. The summed E-state index contributed by atoms with van der Waals surface area (Å²) in [6, 6.07) is 92.9. The lowest BCUT2D eigenvalue weighted by molar-refractivity contribution is 0.932. The Kier molecular flexibility index (Phi) is 7.91. The van der Waals surface area contributed by atoms with Crippen LogP contribution in [0.5, 0.6) is 0 Å². The largest absolute Gasteiger partial charge is 0.307 e. The molecule has 330 valence electrons. The van der Waals surface area contributed by atoms with Crippen LogP contribution in [0.15, 0.2) is 249 Å². The Bertz CT molecular complexity index is 4220. The van der Waals surface area contributed by atoms with Crippen molar-refractivity contribution >= 4 is 87.2 Å². The third-order valence-corrected chi connectivity index (χ3v) is 15.6. The molecule has 0 amide bonds. The van der Waals surface area contributed by atoms with Crippen molar-refractivity contribution in [3.8, 4) is 33.9 Å². The number of hydrogen-bond donors (Lipinski definition) is 0. The zero-order chi connectivity index (χ0) is 46.3. The molecule has 0 N–H and O–H groups in total. The fraction of sp³-hybridized carbons (Fsp3) is 0.0149. The first-order valence-corrected chi connectivity index (χ1v) is 24.7. The van der Waals surface area contributed by atoms with Gasteiger partial charge in [-0.25, -0.2) is 0 Å². The van der Waals surface area contributed by atoms with Crippen LogP contribution in [-0.2, 0) is 0 Å². The molecule has 71 heavy (non-hydrogen) atoms. The molecule has 0 bridgehead atoms. The second-order valence-corrected chi connectivity index (χ2v) is 19.1. The number of aromatic nitrogens is 4. The number of hydrogen-bond acceptors (Lipinski definition) is 0.